The monoisotopic (exact) mass is 320 g/mol. The topological polar surface area (TPSA) is 70.7 Å². The van der Waals surface area contributed by atoms with Crippen LogP contribution in [-0.4, -0.2) is 21.1 Å². The second kappa shape index (κ2) is 7.08. The van der Waals surface area contributed by atoms with E-state index in [4.69, 9.17) is 0 Å². The van der Waals surface area contributed by atoms with Gasteiger partial charge in [0.15, 0.2) is 0 Å². The van der Waals surface area contributed by atoms with Gasteiger partial charge >= 0.3 is 0 Å². The minimum atomic E-state index is -0.200. The van der Waals surface area contributed by atoms with Crippen molar-refractivity contribution in [2.45, 2.75) is 26.3 Å². The Morgan fingerprint density at radius 2 is 1.75 bits per heavy atom. The lowest BCUT2D eigenvalue weighted by Gasteiger charge is -2.20. The molecule has 2 aromatic heterocycles. The largest absolute Gasteiger partial charge is 0.345 e. The summed E-state index contributed by atoms with van der Waals surface area (Å²) in [6.45, 7) is 3.84. The molecule has 2 N–H and O–H groups in total. The van der Waals surface area contributed by atoms with Crippen LogP contribution >= 0.6 is 0 Å². The van der Waals surface area contributed by atoms with Gasteiger partial charge in [0.1, 0.15) is 0 Å². The lowest BCUT2D eigenvalue weighted by molar-refractivity contribution is -0.121. The standard InChI is InChI=1S/C19H20N4O/c1-13-17(14(2)23-22-13)12-18(24)21-19(15-6-4-3-5-7-15)16-8-10-20-11-9-16/h3-11,19H,12H2,1-2H3,(H,21,24)(H,22,23)/t19-/m1/s1. The molecular weight excluding hydrogens is 300 g/mol. The molecule has 0 unspecified atom stereocenters. The molecule has 5 nitrogen and oxygen atoms in total. The van der Waals surface area contributed by atoms with Gasteiger partial charge in [-0.25, -0.2) is 0 Å². The third-order valence-corrected chi connectivity index (χ3v) is 4.10. The molecule has 5 heteroatoms. The molecule has 0 saturated carbocycles. The summed E-state index contributed by atoms with van der Waals surface area (Å²) >= 11 is 0. The first-order chi connectivity index (χ1) is 11.6. The predicted molar refractivity (Wildman–Crippen MR) is 92.4 cm³/mol. The van der Waals surface area contributed by atoms with Gasteiger partial charge in [-0.3, -0.25) is 14.9 Å². The van der Waals surface area contributed by atoms with Crippen molar-refractivity contribution in [2.24, 2.45) is 0 Å². The molecule has 0 fully saturated rings. The van der Waals surface area contributed by atoms with E-state index in [1.807, 2.05) is 56.3 Å². The Bertz CT molecular complexity index is 753. The number of nitrogens with one attached hydrogen (secondary N) is 2. The normalized spacial score (nSPS) is 11.9. The summed E-state index contributed by atoms with van der Waals surface area (Å²) in [6, 6.07) is 13.6. The molecule has 3 aromatic rings. The van der Waals surface area contributed by atoms with Crippen molar-refractivity contribution in [3.8, 4) is 0 Å². The summed E-state index contributed by atoms with van der Waals surface area (Å²) < 4.78 is 0. The number of aromatic nitrogens is 3. The summed E-state index contributed by atoms with van der Waals surface area (Å²) in [4.78, 5) is 16.7. The van der Waals surface area contributed by atoms with E-state index < -0.39 is 0 Å². The number of rotatable bonds is 5. The van der Waals surface area contributed by atoms with Crippen molar-refractivity contribution in [2.75, 3.05) is 0 Å². The number of aryl methyl sites for hydroxylation is 2. The Morgan fingerprint density at radius 3 is 2.38 bits per heavy atom. The fourth-order valence-electron chi connectivity index (χ4n) is 2.77. The number of nitrogens with zero attached hydrogens (tertiary/aromatic N) is 2. The zero-order valence-corrected chi connectivity index (χ0v) is 13.8. The van der Waals surface area contributed by atoms with Crippen LogP contribution in [0.1, 0.15) is 34.1 Å². The summed E-state index contributed by atoms with van der Waals surface area (Å²) in [5.74, 6) is -0.0340. The molecule has 1 amide bonds. The van der Waals surface area contributed by atoms with E-state index in [2.05, 4.69) is 20.5 Å². The average Bonchev–Trinajstić information content (AvgIpc) is 2.93. The highest BCUT2D eigenvalue weighted by Crippen LogP contribution is 2.21. The molecule has 1 aromatic carbocycles. The molecular formula is C19H20N4O. The zero-order valence-electron chi connectivity index (χ0n) is 13.8. The van der Waals surface area contributed by atoms with E-state index in [9.17, 15) is 4.79 Å². The maximum atomic E-state index is 12.6. The fourth-order valence-corrected chi connectivity index (χ4v) is 2.77. The second-order valence-corrected chi connectivity index (χ2v) is 5.78. The van der Waals surface area contributed by atoms with Crippen molar-refractivity contribution < 1.29 is 4.79 Å². The van der Waals surface area contributed by atoms with E-state index in [0.717, 1.165) is 28.1 Å². The van der Waals surface area contributed by atoms with E-state index in [-0.39, 0.29) is 11.9 Å². The van der Waals surface area contributed by atoms with Crippen molar-refractivity contribution in [1.82, 2.24) is 20.5 Å². The Hall–Kier alpha value is -2.95. The van der Waals surface area contributed by atoms with Crippen molar-refractivity contribution in [3.63, 3.8) is 0 Å². The average molecular weight is 320 g/mol. The van der Waals surface area contributed by atoms with Crippen LogP contribution in [0.15, 0.2) is 54.9 Å². The van der Waals surface area contributed by atoms with Crippen LogP contribution < -0.4 is 5.32 Å². The van der Waals surface area contributed by atoms with Crippen LogP contribution in [0.3, 0.4) is 0 Å². The lowest BCUT2D eigenvalue weighted by atomic mass is 9.99. The molecule has 0 aliphatic heterocycles. The van der Waals surface area contributed by atoms with Gasteiger partial charge in [0, 0.05) is 23.7 Å². The summed E-state index contributed by atoms with van der Waals surface area (Å²) in [5.41, 5.74) is 4.79. The van der Waals surface area contributed by atoms with Crippen molar-refractivity contribution >= 4 is 5.91 Å². The molecule has 0 aliphatic rings. The van der Waals surface area contributed by atoms with Gasteiger partial charge in [-0.05, 0) is 37.1 Å². The van der Waals surface area contributed by atoms with Gasteiger partial charge in [0.25, 0.3) is 0 Å². The van der Waals surface area contributed by atoms with Crippen LogP contribution in [0.4, 0.5) is 0 Å². The number of pyridine rings is 1. The molecule has 24 heavy (non-hydrogen) atoms. The molecule has 0 radical (unpaired) electrons. The third kappa shape index (κ3) is 3.51. The SMILES string of the molecule is Cc1n[nH]c(C)c1CC(=O)N[C@H](c1ccccc1)c1ccncc1. The fraction of sp³-hybridized carbons (Fsp3) is 0.211. The highest BCUT2D eigenvalue weighted by Gasteiger charge is 2.18. The summed E-state index contributed by atoms with van der Waals surface area (Å²) in [5, 5.41) is 10.2. The number of carbonyl (C=O) groups excluding carboxylic acids is 1. The van der Waals surface area contributed by atoms with Crippen LogP contribution in [0, 0.1) is 13.8 Å². The van der Waals surface area contributed by atoms with Gasteiger partial charge in [0.2, 0.25) is 5.91 Å². The highest BCUT2D eigenvalue weighted by molar-refractivity contribution is 5.80. The number of carbonyl (C=O) groups is 1. The van der Waals surface area contributed by atoms with Crippen LogP contribution in [-0.2, 0) is 11.2 Å². The maximum absolute atomic E-state index is 12.6. The number of H-pyrrole nitrogens is 1. The molecule has 0 bridgehead atoms. The first kappa shape index (κ1) is 15.9. The Kier molecular flexibility index (Phi) is 4.70. The van der Waals surface area contributed by atoms with Gasteiger partial charge in [-0.2, -0.15) is 5.10 Å². The first-order valence-electron chi connectivity index (χ1n) is 7.90. The zero-order chi connectivity index (χ0) is 16.9. The molecule has 122 valence electrons. The van der Waals surface area contributed by atoms with E-state index in [1.165, 1.54) is 0 Å². The number of hydrogen-bond acceptors (Lipinski definition) is 3. The number of hydrogen-bond donors (Lipinski definition) is 2. The minimum Gasteiger partial charge on any atom is -0.345 e. The molecule has 0 aliphatic carbocycles. The number of aromatic amines is 1. The smallest absolute Gasteiger partial charge is 0.225 e. The van der Waals surface area contributed by atoms with E-state index in [0.29, 0.717) is 6.42 Å². The van der Waals surface area contributed by atoms with E-state index >= 15 is 0 Å². The van der Waals surface area contributed by atoms with Gasteiger partial charge in [0.05, 0.1) is 18.2 Å². The summed E-state index contributed by atoms with van der Waals surface area (Å²) in [6.07, 6.45) is 3.78. The maximum Gasteiger partial charge on any atom is 0.225 e. The van der Waals surface area contributed by atoms with Crippen LogP contribution in [0.25, 0.3) is 0 Å². The Labute approximate surface area is 141 Å². The molecule has 0 spiro atoms. The lowest BCUT2D eigenvalue weighted by Crippen LogP contribution is -2.30. The Balaban J connectivity index is 1.83. The van der Waals surface area contributed by atoms with Crippen LogP contribution in [0.2, 0.25) is 0 Å². The third-order valence-electron chi connectivity index (χ3n) is 4.10. The van der Waals surface area contributed by atoms with Gasteiger partial charge in [-0.1, -0.05) is 30.3 Å². The van der Waals surface area contributed by atoms with Crippen LogP contribution in [0.5, 0.6) is 0 Å². The van der Waals surface area contributed by atoms with E-state index in [1.54, 1.807) is 12.4 Å². The van der Waals surface area contributed by atoms with Gasteiger partial charge in [-0.15, -0.1) is 0 Å². The first-order valence-corrected chi connectivity index (χ1v) is 7.90. The Morgan fingerprint density at radius 1 is 1.08 bits per heavy atom. The predicted octanol–water partition coefficient (Wildman–Crippen LogP) is 2.87. The number of benzene rings is 1. The molecule has 3 rings (SSSR count). The second-order valence-electron chi connectivity index (χ2n) is 5.78. The highest BCUT2D eigenvalue weighted by atomic mass is 16.1. The quantitative estimate of drug-likeness (QED) is 0.759. The minimum absolute atomic E-state index is 0.0340. The van der Waals surface area contributed by atoms with Gasteiger partial charge < -0.3 is 5.32 Å². The molecule has 2 heterocycles. The van der Waals surface area contributed by atoms with Crippen molar-refractivity contribution in [1.29, 1.82) is 0 Å². The number of amides is 1. The van der Waals surface area contributed by atoms with Crippen molar-refractivity contribution in [3.05, 3.63) is 82.9 Å². The molecule has 0 saturated heterocycles. The molecule has 1 atom stereocenters. The summed E-state index contributed by atoms with van der Waals surface area (Å²) in [7, 11) is 0.